The molecule has 1 fully saturated rings. The van der Waals surface area contributed by atoms with Crippen LogP contribution in [0.1, 0.15) is 32.6 Å². The lowest BCUT2D eigenvalue weighted by Gasteiger charge is -2.23. The van der Waals surface area contributed by atoms with Crippen molar-refractivity contribution in [2.24, 2.45) is 11.8 Å². The van der Waals surface area contributed by atoms with Crippen LogP contribution in [0.3, 0.4) is 0 Å². The van der Waals surface area contributed by atoms with E-state index in [9.17, 15) is 9.59 Å². The zero-order chi connectivity index (χ0) is 14.4. The van der Waals surface area contributed by atoms with Crippen molar-refractivity contribution in [2.75, 3.05) is 0 Å². The van der Waals surface area contributed by atoms with E-state index < -0.39 is 0 Å². The van der Waals surface area contributed by atoms with Crippen molar-refractivity contribution in [1.82, 2.24) is 0 Å². The van der Waals surface area contributed by atoms with Crippen LogP contribution < -0.4 is 4.74 Å². The molecule has 3 nitrogen and oxygen atoms in total. The van der Waals surface area contributed by atoms with Crippen molar-refractivity contribution < 1.29 is 14.3 Å². The molecule has 2 rings (SSSR count). The highest BCUT2D eigenvalue weighted by Gasteiger charge is 2.20. The van der Waals surface area contributed by atoms with Crippen LogP contribution in [0, 0.1) is 11.8 Å². The van der Waals surface area contributed by atoms with Crippen LogP contribution in [-0.2, 0) is 9.59 Å². The van der Waals surface area contributed by atoms with Gasteiger partial charge in [-0.3, -0.25) is 0 Å². The molecule has 0 N–H and O–H groups in total. The number of rotatable bonds is 4. The molecule has 106 valence electrons. The van der Waals surface area contributed by atoms with Crippen LogP contribution >= 0.6 is 0 Å². The van der Waals surface area contributed by atoms with Crippen molar-refractivity contribution in [1.29, 1.82) is 0 Å². The maximum atomic E-state index is 12.0. The van der Waals surface area contributed by atoms with E-state index in [1.54, 1.807) is 19.1 Å². The first kappa shape index (κ1) is 14.5. The molecule has 3 heteroatoms. The second kappa shape index (κ2) is 7.04. The monoisotopic (exact) mass is 272 g/mol. The zero-order valence-corrected chi connectivity index (χ0v) is 11.7. The lowest BCUT2D eigenvalue weighted by Crippen LogP contribution is -2.16. The van der Waals surface area contributed by atoms with Gasteiger partial charge in [-0.25, -0.2) is 4.79 Å². The van der Waals surface area contributed by atoms with Crippen LogP contribution in [0.5, 0.6) is 5.75 Å². The summed E-state index contributed by atoms with van der Waals surface area (Å²) in [6, 6.07) is 9.08. The number of hydrogen-bond donors (Lipinski definition) is 0. The Kier molecular flexibility index (Phi) is 5.10. The fourth-order valence-corrected chi connectivity index (χ4v) is 2.55. The number of carbonyl (C=O) groups excluding carboxylic acids is 2. The largest absolute Gasteiger partial charge is 0.423 e. The summed E-state index contributed by atoms with van der Waals surface area (Å²) in [6.45, 7) is 1.79. The second-order valence-corrected chi connectivity index (χ2v) is 5.36. The average molecular weight is 272 g/mol. The minimum absolute atomic E-state index is 0.205. The Labute approximate surface area is 119 Å². The van der Waals surface area contributed by atoms with Crippen LogP contribution in [0.4, 0.5) is 0 Å². The summed E-state index contributed by atoms with van der Waals surface area (Å²) < 4.78 is 5.30. The van der Waals surface area contributed by atoms with Crippen LogP contribution in [0.2, 0.25) is 0 Å². The van der Waals surface area contributed by atoms with Gasteiger partial charge in [0.05, 0.1) is 0 Å². The third-order valence-corrected chi connectivity index (χ3v) is 3.77. The van der Waals surface area contributed by atoms with E-state index in [-0.39, 0.29) is 11.9 Å². The van der Waals surface area contributed by atoms with Crippen molar-refractivity contribution in [2.45, 2.75) is 32.6 Å². The number of benzene rings is 1. The first-order valence-corrected chi connectivity index (χ1v) is 7.10. The second-order valence-electron chi connectivity index (χ2n) is 5.36. The van der Waals surface area contributed by atoms with Gasteiger partial charge in [-0.2, -0.15) is 0 Å². The van der Waals surface area contributed by atoms with Gasteiger partial charge in [0.2, 0.25) is 0 Å². The molecule has 20 heavy (non-hydrogen) atoms. The van der Waals surface area contributed by atoms with Gasteiger partial charge in [0.15, 0.2) is 0 Å². The van der Waals surface area contributed by atoms with Gasteiger partial charge >= 0.3 is 5.97 Å². The third kappa shape index (κ3) is 4.05. The maximum absolute atomic E-state index is 12.0. The molecule has 1 saturated carbocycles. The number of aldehydes is 1. The summed E-state index contributed by atoms with van der Waals surface area (Å²) in [5.74, 6) is 0.856. The first-order chi connectivity index (χ1) is 9.69. The number of para-hydroxylation sites is 1. The van der Waals surface area contributed by atoms with E-state index in [0.717, 1.165) is 32.0 Å². The molecule has 0 heterocycles. The third-order valence-electron chi connectivity index (χ3n) is 3.77. The van der Waals surface area contributed by atoms with Gasteiger partial charge in [-0.05, 0) is 50.7 Å². The van der Waals surface area contributed by atoms with Gasteiger partial charge in [0.1, 0.15) is 12.0 Å². The smallest absolute Gasteiger partial charge is 0.338 e. The van der Waals surface area contributed by atoms with E-state index >= 15 is 0 Å². The minimum atomic E-state index is -0.297. The van der Waals surface area contributed by atoms with Crippen molar-refractivity contribution in [3.8, 4) is 5.75 Å². The Morgan fingerprint density at radius 2 is 1.70 bits per heavy atom. The predicted molar refractivity (Wildman–Crippen MR) is 77.3 cm³/mol. The molecule has 0 amide bonds. The van der Waals surface area contributed by atoms with E-state index in [1.165, 1.54) is 0 Å². The summed E-state index contributed by atoms with van der Waals surface area (Å²) in [4.78, 5) is 22.7. The zero-order valence-electron chi connectivity index (χ0n) is 11.7. The highest BCUT2D eigenvalue weighted by Crippen LogP contribution is 2.29. The SMILES string of the molecule is C/C(=C/C1CCC(C=O)CC1)C(=O)Oc1ccccc1. The molecule has 0 aliphatic heterocycles. The number of hydrogen-bond acceptors (Lipinski definition) is 3. The summed E-state index contributed by atoms with van der Waals surface area (Å²) in [5.41, 5.74) is 0.642. The number of ether oxygens (including phenoxy) is 1. The average Bonchev–Trinajstić information content (AvgIpc) is 2.49. The number of esters is 1. The molecule has 0 spiro atoms. The molecule has 1 aliphatic carbocycles. The number of allylic oxidation sites excluding steroid dienone is 1. The predicted octanol–water partition coefficient (Wildman–Crippen LogP) is 3.54. The Morgan fingerprint density at radius 1 is 1.10 bits per heavy atom. The highest BCUT2D eigenvalue weighted by molar-refractivity contribution is 5.89. The lowest BCUT2D eigenvalue weighted by molar-refractivity contribution is -0.130. The maximum Gasteiger partial charge on any atom is 0.338 e. The Hall–Kier alpha value is -1.90. The molecule has 0 saturated heterocycles. The molecule has 1 aromatic rings. The van der Waals surface area contributed by atoms with Crippen molar-refractivity contribution in [3.63, 3.8) is 0 Å². The molecular formula is C17H20O3. The summed E-state index contributed by atoms with van der Waals surface area (Å²) in [6.07, 6.45) is 6.83. The normalized spacial score (nSPS) is 23.1. The van der Waals surface area contributed by atoms with Crippen LogP contribution in [0.25, 0.3) is 0 Å². The van der Waals surface area contributed by atoms with E-state index in [0.29, 0.717) is 17.2 Å². The molecule has 0 unspecified atom stereocenters. The Morgan fingerprint density at radius 3 is 2.30 bits per heavy atom. The Balaban J connectivity index is 1.90. The van der Waals surface area contributed by atoms with Gasteiger partial charge < -0.3 is 9.53 Å². The van der Waals surface area contributed by atoms with Crippen LogP contribution in [-0.4, -0.2) is 12.3 Å². The fraction of sp³-hybridized carbons (Fsp3) is 0.412. The summed E-state index contributed by atoms with van der Waals surface area (Å²) >= 11 is 0. The topological polar surface area (TPSA) is 43.4 Å². The molecule has 1 aromatic carbocycles. The molecule has 0 atom stereocenters. The first-order valence-electron chi connectivity index (χ1n) is 7.10. The molecule has 0 radical (unpaired) electrons. The van der Waals surface area contributed by atoms with Gasteiger partial charge in [0, 0.05) is 11.5 Å². The fourth-order valence-electron chi connectivity index (χ4n) is 2.55. The Bertz CT molecular complexity index is 482. The molecule has 1 aliphatic rings. The standard InChI is InChI=1S/C17H20O3/c1-13(11-14-7-9-15(12-18)10-8-14)17(19)20-16-5-3-2-4-6-16/h2-6,11-12,14-15H,7-10H2,1H3/b13-11-. The van der Waals surface area contributed by atoms with Crippen LogP contribution in [0.15, 0.2) is 42.0 Å². The van der Waals surface area contributed by atoms with E-state index in [4.69, 9.17) is 4.74 Å². The molecule has 0 aromatic heterocycles. The minimum Gasteiger partial charge on any atom is -0.423 e. The van der Waals surface area contributed by atoms with Gasteiger partial charge in [-0.1, -0.05) is 24.3 Å². The van der Waals surface area contributed by atoms with E-state index in [2.05, 4.69) is 0 Å². The molecule has 0 bridgehead atoms. The highest BCUT2D eigenvalue weighted by atomic mass is 16.5. The van der Waals surface area contributed by atoms with Gasteiger partial charge in [0.25, 0.3) is 0 Å². The summed E-state index contributed by atoms with van der Waals surface area (Å²) in [7, 11) is 0. The lowest BCUT2D eigenvalue weighted by atomic mass is 9.82. The quantitative estimate of drug-likeness (QED) is 0.364. The molecular weight excluding hydrogens is 252 g/mol. The summed E-state index contributed by atoms with van der Waals surface area (Å²) in [5, 5.41) is 0. The van der Waals surface area contributed by atoms with Crippen molar-refractivity contribution in [3.05, 3.63) is 42.0 Å². The van der Waals surface area contributed by atoms with E-state index in [1.807, 2.05) is 24.3 Å². The number of carbonyl (C=O) groups is 2. The van der Waals surface area contributed by atoms with Gasteiger partial charge in [-0.15, -0.1) is 0 Å². The van der Waals surface area contributed by atoms with Crippen molar-refractivity contribution >= 4 is 12.3 Å².